The molecule has 0 amide bonds. The smallest absolute Gasteiger partial charge is 0.174 e. The molecule has 0 saturated carbocycles. The number of nitrogens with zero attached hydrogens (tertiary/aromatic N) is 3. The van der Waals surface area contributed by atoms with Crippen molar-refractivity contribution in [3.05, 3.63) is 35.4 Å². The maximum Gasteiger partial charge on any atom is 0.174 e. The van der Waals surface area contributed by atoms with Gasteiger partial charge in [0.25, 0.3) is 0 Å². The van der Waals surface area contributed by atoms with Crippen LogP contribution in [0.5, 0.6) is 0 Å². The van der Waals surface area contributed by atoms with Gasteiger partial charge < -0.3 is 13.9 Å². The largest absolute Gasteiger partial charge is 0.376 e. The average Bonchev–Trinajstić information content (AvgIpc) is 3.23. The van der Waals surface area contributed by atoms with Crippen LogP contribution in [0.2, 0.25) is 0 Å². The highest BCUT2D eigenvalue weighted by Crippen LogP contribution is 2.25. The summed E-state index contributed by atoms with van der Waals surface area (Å²) < 4.78 is 9.84. The van der Waals surface area contributed by atoms with Gasteiger partial charge >= 0.3 is 0 Å². The van der Waals surface area contributed by atoms with Crippen LogP contribution < -0.4 is 0 Å². The first-order chi connectivity index (χ1) is 11.0. The average molecular weight is 333 g/mol. The fourth-order valence-electron chi connectivity index (χ4n) is 2.82. The SMILES string of the molecule is Cc1nc(SCC(=O)c2ccn(C)c2)n(C[C@H]2CCCO2)c1C. The maximum atomic E-state index is 12.3. The second kappa shape index (κ2) is 6.93. The van der Waals surface area contributed by atoms with E-state index in [4.69, 9.17) is 4.74 Å². The first kappa shape index (κ1) is 16.3. The molecule has 0 unspecified atom stereocenters. The van der Waals surface area contributed by atoms with Crippen LogP contribution >= 0.6 is 11.8 Å². The number of carbonyl (C=O) groups excluding carboxylic acids is 1. The zero-order valence-corrected chi connectivity index (χ0v) is 14.7. The van der Waals surface area contributed by atoms with Gasteiger partial charge in [-0.25, -0.2) is 4.98 Å². The minimum absolute atomic E-state index is 0.137. The molecule has 0 spiro atoms. The molecule has 6 heteroatoms. The summed E-state index contributed by atoms with van der Waals surface area (Å²) in [7, 11) is 1.92. The van der Waals surface area contributed by atoms with Crippen LogP contribution in [0.1, 0.15) is 34.6 Å². The highest BCUT2D eigenvalue weighted by atomic mass is 32.2. The van der Waals surface area contributed by atoms with E-state index in [1.165, 1.54) is 11.8 Å². The van der Waals surface area contributed by atoms with Gasteiger partial charge in [0, 0.05) is 37.3 Å². The first-order valence-corrected chi connectivity index (χ1v) is 8.96. The number of Topliss-reactive ketones (excluding diaryl/α,β-unsaturated/α-hetero) is 1. The Balaban J connectivity index is 1.69. The molecule has 124 valence electrons. The Morgan fingerprint density at radius 2 is 2.30 bits per heavy atom. The molecule has 23 heavy (non-hydrogen) atoms. The van der Waals surface area contributed by atoms with Crippen molar-refractivity contribution >= 4 is 17.5 Å². The molecule has 0 aromatic carbocycles. The van der Waals surface area contributed by atoms with Crippen molar-refractivity contribution in [2.45, 2.75) is 44.5 Å². The topological polar surface area (TPSA) is 49.0 Å². The van der Waals surface area contributed by atoms with Crippen molar-refractivity contribution in [3.8, 4) is 0 Å². The number of ether oxygens (including phenoxy) is 1. The van der Waals surface area contributed by atoms with Crippen molar-refractivity contribution < 1.29 is 9.53 Å². The summed E-state index contributed by atoms with van der Waals surface area (Å²) in [5.74, 6) is 0.545. The van der Waals surface area contributed by atoms with E-state index in [1.807, 2.05) is 37.0 Å². The Morgan fingerprint density at radius 3 is 2.96 bits per heavy atom. The van der Waals surface area contributed by atoms with Crippen LogP contribution in [0.3, 0.4) is 0 Å². The third kappa shape index (κ3) is 3.70. The second-order valence-corrected chi connectivity index (χ2v) is 7.03. The Labute approximate surface area is 141 Å². The fourth-order valence-corrected chi connectivity index (χ4v) is 3.82. The number of aryl methyl sites for hydroxylation is 2. The number of imidazole rings is 1. The molecule has 2 aromatic rings. The third-order valence-corrected chi connectivity index (χ3v) is 5.30. The maximum absolute atomic E-state index is 12.3. The van der Waals surface area contributed by atoms with E-state index >= 15 is 0 Å². The number of rotatable bonds is 6. The summed E-state index contributed by atoms with van der Waals surface area (Å²) in [5, 5.41) is 0.916. The van der Waals surface area contributed by atoms with Gasteiger partial charge in [0.05, 0.1) is 24.1 Å². The number of aromatic nitrogens is 3. The van der Waals surface area contributed by atoms with Crippen molar-refractivity contribution in [2.24, 2.45) is 7.05 Å². The highest BCUT2D eigenvalue weighted by Gasteiger charge is 2.21. The Morgan fingerprint density at radius 1 is 1.48 bits per heavy atom. The second-order valence-electron chi connectivity index (χ2n) is 6.09. The van der Waals surface area contributed by atoms with Gasteiger partial charge in [-0.1, -0.05) is 11.8 Å². The molecule has 1 saturated heterocycles. The summed E-state index contributed by atoms with van der Waals surface area (Å²) in [6, 6.07) is 1.86. The van der Waals surface area contributed by atoms with Gasteiger partial charge in [0.1, 0.15) is 0 Å². The highest BCUT2D eigenvalue weighted by molar-refractivity contribution is 7.99. The fraction of sp³-hybridized carbons (Fsp3) is 0.529. The van der Waals surface area contributed by atoms with E-state index in [9.17, 15) is 4.79 Å². The Kier molecular flexibility index (Phi) is 4.92. The molecular formula is C17H23N3O2S. The molecule has 0 N–H and O–H groups in total. The van der Waals surface area contributed by atoms with Crippen LogP contribution in [-0.4, -0.2) is 38.4 Å². The molecule has 1 fully saturated rings. The van der Waals surface area contributed by atoms with E-state index in [0.29, 0.717) is 5.75 Å². The van der Waals surface area contributed by atoms with E-state index in [2.05, 4.69) is 16.5 Å². The molecule has 5 nitrogen and oxygen atoms in total. The molecule has 2 aromatic heterocycles. The predicted molar refractivity (Wildman–Crippen MR) is 91.1 cm³/mol. The van der Waals surface area contributed by atoms with Crippen molar-refractivity contribution in [1.82, 2.24) is 14.1 Å². The lowest BCUT2D eigenvalue weighted by Crippen LogP contribution is -2.17. The molecule has 0 bridgehead atoms. The number of hydrogen-bond donors (Lipinski definition) is 0. The van der Waals surface area contributed by atoms with Crippen molar-refractivity contribution in [2.75, 3.05) is 12.4 Å². The molecule has 1 aliphatic rings. The minimum atomic E-state index is 0.137. The van der Waals surface area contributed by atoms with Gasteiger partial charge in [-0.15, -0.1) is 0 Å². The zero-order valence-electron chi connectivity index (χ0n) is 13.9. The first-order valence-electron chi connectivity index (χ1n) is 7.98. The number of hydrogen-bond acceptors (Lipinski definition) is 4. The summed E-state index contributed by atoms with van der Waals surface area (Å²) in [6.07, 6.45) is 6.25. The van der Waals surface area contributed by atoms with Crippen molar-refractivity contribution in [3.63, 3.8) is 0 Å². The molecule has 1 atom stereocenters. The van der Waals surface area contributed by atoms with Gasteiger partial charge in [-0.2, -0.15) is 0 Å². The van der Waals surface area contributed by atoms with Gasteiger partial charge in [-0.3, -0.25) is 4.79 Å². The van der Waals surface area contributed by atoms with Crippen LogP contribution in [0.25, 0.3) is 0 Å². The van der Waals surface area contributed by atoms with Gasteiger partial charge in [0.2, 0.25) is 0 Å². The molecule has 3 rings (SSSR count). The summed E-state index contributed by atoms with van der Waals surface area (Å²) >= 11 is 1.52. The van der Waals surface area contributed by atoms with Crippen LogP contribution in [0.4, 0.5) is 0 Å². The zero-order chi connectivity index (χ0) is 16.4. The molecular weight excluding hydrogens is 310 g/mol. The van der Waals surface area contributed by atoms with E-state index in [1.54, 1.807) is 0 Å². The Bertz CT molecular complexity index is 699. The lowest BCUT2D eigenvalue weighted by molar-refractivity contribution is 0.0945. The minimum Gasteiger partial charge on any atom is -0.376 e. The van der Waals surface area contributed by atoms with Crippen LogP contribution in [-0.2, 0) is 18.3 Å². The van der Waals surface area contributed by atoms with E-state index in [-0.39, 0.29) is 11.9 Å². The van der Waals surface area contributed by atoms with E-state index in [0.717, 1.165) is 48.1 Å². The standard InChI is InChI=1S/C17H23N3O2S/c1-12-13(2)20(10-15-5-4-8-22-15)17(18-12)23-11-16(21)14-6-7-19(3)9-14/h6-7,9,15H,4-5,8,10-11H2,1-3H3/t15-/m1/s1. The van der Waals surface area contributed by atoms with Gasteiger partial charge in [-0.05, 0) is 32.8 Å². The number of ketones is 1. The molecule has 3 heterocycles. The van der Waals surface area contributed by atoms with Gasteiger partial charge in [0.15, 0.2) is 10.9 Å². The monoisotopic (exact) mass is 333 g/mol. The van der Waals surface area contributed by atoms with Crippen molar-refractivity contribution in [1.29, 1.82) is 0 Å². The normalized spacial score (nSPS) is 17.8. The lowest BCUT2D eigenvalue weighted by Gasteiger charge is -2.14. The quantitative estimate of drug-likeness (QED) is 0.602. The lowest BCUT2D eigenvalue weighted by atomic mass is 10.2. The summed E-state index contributed by atoms with van der Waals surface area (Å²) in [5.41, 5.74) is 2.94. The molecule has 0 radical (unpaired) electrons. The third-order valence-electron chi connectivity index (χ3n) is 4.32. The number of carbonyl (C=O) groups is 1. The predicted octanol–water partition coefficient (Wildman–Crippen LogP) is 2.99. The molecule has 1 aliphatic heterocycles. The summed E-state index contributed by atoms with van der Waals surface area (Å²) in [4.78, 5) is 16.9. The van der Waals surface area contributed by atoms with Crippen LogP contribution in [0, 0.1) is 13.8 Å². The molecule has 0 aliphatic carbocycles. The summed E-state index contributed by atoms with van der Waals surface area (Å²) in [6.45, 7) is 5.78. The number of thioether (sulfide) groups is 1. The Hall–Kier alpha value is -1.53. The van der Waals surface area contributed by atoms with E-state index < -0.39 is 0 Å². The van der Waals surface area contributed by atoms with Crippen LogP contribution in [0.15, 0.2) is 23.6 Å².